The number of aromatic hydroxyl groups is 1. The third-order valence-electron chi connectivity index (χ3n) is 4.99. The van der Waals surface area contributed by atoms with Crippen LogP contribution in [0.1, 0.15) is 15.9 Å². The Labute approximate surface area is 230 Å². The van der Waals surface area contributed by atoms with Crippen LogP contribution in [0.25, 0.3) is 33.4 Å². The van der Waals surface area contributed by atoms with Gasteiger partial charge in [-0.2, -0.15) is 0 Å². The second kappa shape index (κ2) is 8.90. The molecule has 0 spiro atoms. The highest BCUT2D eigenvalue weighted by Crippen LogP contribution is 2.53. The van der Waals surface area contributed by atoms with Crippen LogP contribution in [0.5, 0.6) is 5.75 Å². The van der Waals surface area contributed by atoms with Crippen molar-refractivity contribution in [1.29, 1.82) is 0 Å². The van der Waals surface area contributed by atoms with Gasteiger partial charge in [-0.1, -0.05) is 46.4 Å². The maximum atomic E-state index is 12.6. The fraction of sp³-hybridized carbons (Fsp3) is 0.0476. The van der Waals surface area contributed by atoms with Crippen LogP contribution < -0.4 is 5.43 Å². The molecular formula is C21H7Br3Cl4O5. The van der Waals surface area contributed by atoms with Gasteiger partial charge in [0, 0.05) is 22.1 Å². The Hall–Kier alpha value is -1.00. The van der Waals surface area contributed by atoms with Crippen LogP contribution in [0.4, 0.5) is 0 Å². The summed E-state index contributed by atoms with van der Waals surface area (Å²) in [5.74, 6) is -1.40. The number of carbonyl (C=O) groups is 1. The van der Waals surface area contributed by atoms with Gasteiger partial charge in [0.25, 0.3) is 0 Å². The molecule has 0 saturated heterocycles. The molecule has 0 unspecified atom stereocenters. The number of rotatable bonds is 2. The van der Waals surface area contributed by atoms with Crippen LogP contribution in [0.15, 0.2) is 34.8 Å². The number of aromatic carboxylic acids is 1. The molecule has 2 aromatic carbocycles. The number of aryl methyl sites for hydroxylation is 1. The van der Waals surface area contributed by atoms with Gasteiger partial charge in [0.15, 0.2) is 11.3 Å². The number of fused-ring (bicyclic) bond motifs is 2. The summed E-state index contributed by atoms with van der Waals surface area (Å²) in [6.07, 6.45) is 0. The number of carboxylic acid groups (broad SMARTS) is 1. The second-order valence-corrected chi connectivity index (χ2v) is 10.9. The Balaban J connectivity index is 2.43. The first-order valence-electron chi connectivity index (χ1n) is 8.74. The zero-order chi connectivity index (χ0) is 24.5. The molecule has 0 fully saturated rings. The fourth-order valence-electron chi connectivity index (χ4n) is 3.49. The summed E-state index contributed by atoms with van der Waals surface area (Å²) >= 11 is 35.1. The van der Waals surface area contributed by atoms with Gasteiger partial charge in [0.1, 0.15) is 14.7 Å². The van der Waals surface area contributed by atoms with Crippen LogP contribution in [-0.4, -0.2) is 16.2 Å². The smallest absolute Gasteiger partial charge is 0.337 e. The van der Waals surface area contributed by atoms with Gasteiger partial charge >= 0.3 is 5.97 Å². The molecular weight excluding hydrogens is 714 g/mol. The van der Waals surface area contributed by atoms with Crippen molar-refractivity contribution in [2.24, 2.45) is 0 Å². The molecule has 0 saturated carbocycles. The van der Waals surface area contributed by atoms with Gasteiger partial charge in [-0.25, -0.2) is 4.79 Å². The molecule has 0 bridgehead atoms. The summed E-state index contributed by atoms with van der Waals surface area (Å²) in [6.45, 7) is 1.65. The highest BCUT2D eigenvalue weighted by Gasteiger charge is 2.32. The van der Waals surface area contributed by atoms with Crippen molar-refractivity contribution < 1.29 is 19.4 Å². The van der Waals surface area contributed by atoms with Crippen molar-refractivity contribution in [3.8, 4) is 28.2 Å². The standard InChI is InChI=1S/C21H7Br3Cl4O5/c1-4-2-5-8(9-10(21(31)32)14(26)16(28)15(27)13(9)25)6-3-7(22)18(30)12(24)20(6)33-19(5)11(23)17(4)29/h2-3,29H,1H3,(H,31,32). The lowest BCUT2D eigenvalue weighted by atomic mass is 9.90. The Bertz CT molecular complexity index is 1570. The third-order valence-corrected chi connectivity index (χ3v) is 8.84. The van der Waals surface area contributed by atoms with Crippen molar-refractivity contribution in [3.05, 3.63) is 67.0 Å². The van der Waals surface area contributed by atoms with E-state index in [-0.39, 0.29) is 67.3 Å². The van der Waals surface area contributed by atoms with Crippen LogP contribution in [0.2, 0.25) is 20.1 Å². The summed E-state index contributed by atoms with van der Waals surface area (Å²) in [4.78, 5) is 24.9. The molecule has 0 amide bonds. The molecule has 1 aliphatic carbocycles. The lowest BCUT2D eigenvalue weighted by Crippen LogP contribution is -2.09. The summed E-state index contributed by atoms with van der Waals surface area (Å²) in [5, 5.41) is 20.0. The van der Waals surface area contributed by atoms with Crippen molar-refractivity contribution in [2.75, 3.05) is 0 Å². The van der Waals surface area contributed by atoms with E-state index in [4.69, 9.17) is 50.8 Å². The normalized spacial score (nSPS) is 11.5. The first-order chi connectivity index (χ1) is 15.4. The fourth-order valence-corrected chi connectivity index (χ4v) is 6.32. The maximum absolute atomic E-state index is 12.6. The van der Waals surface area contributed by atoms with Crippen molar-refractivity contribution in [3.63, 3.8) is 0 Å². The van der Waals surface area contributed by atoms with Gasteiger partial charge in [0.2, 0.25) is 5.43 Å². The molecule has 33 heavy (non-hydrogen) atoms. The number of hydrogen-bond donors (Lipinski definition) is 2. The molecule has 2 N–H and O–H groups in total. The van der Waals surface area contributed by atoms with Crippen molar-refractivity contribution >= 4 is 111 Å². The number of halogens is 7. The van der Waals surface area contributed by atoms with Crippen molar-refractivity contribution in [1.82, 2.24) is 0 Å². The minimum Gasteiger partial charge on any atom is -0.506 e. The minimum atomic E-state index is -1.40. The monoisotopic (exact) mass is 716 g/mol. The molecule has 5 nitrogen and oxygen atoms in total. The second-order valence-electron chi connectivity index (χ2n) is 6.90. The molecule has 1 aliphatic heterocycles. The molecule has 2 aliphatic rings. The summed E-state index contributed by atoms with van der Waals surface area (Å²) in [7, 11) is 0. The minimum absolute atomic E-state index is 0.0243. The zero-order valence-corrected chi connectivity index (χ0v) is 23.7. The van der Waals surface area contributed by atoms with E-state index in [2.05, 4.69) is 47.8 Å². The van der Waals surface area contributed by atoms with E-state index in [1.54, 1.807) is 13.0 Å². The molecule has 4 rings (SSSR count). The molecule has 0 radical (unpaired) electrons. The number of carboxylic acids is 1. The molecule has 12 heteroatoms. The molecule has 2 aromatic rings. The van der Waals surface area contributed by atoms with E-state index in [0.29, 0.717) is 16.5 Å². The topological polar surface area (TPSA) is 87.7 Å². The number of phenols is 1. The predicted molar refractivity (Wildman–Crippen MR) is 141 cm³/mol. The number of benzene rings is 3. The molecule has 170 valence electrons. The average Bonchev–Trinajstić information content (AvgIpc) is 2.76. The highest BCUT2D eigenvalue weighted by molar-refractivity contribution is 9.11. The van der Waals surface area contributed by atoms with E-state index in [0.717, 1.165) is 0 Å². The Morgan fingerprint density at radius 1 is 0.939 bits per heavy atom. The summed E-state index contributed by atoms with van der Waals surface area (Å²) in [6, 6.07) is 3.08. The largest absolute Gasteiger partial charge is 0.506 e. The van der Waals surface area contributed by atoms with Gasteiger partial charge in [-0.15, -0.1) is 0 Å². The van der Waals surface area contributed by atoms with E-state index < -0.39 is 11.4 Å². The van der Waals surface area contributed by atoms with E-state index in [1.165, 1.54) is 6.07 Å². The van der Waals surface area contributed by atoms with E-state index >= 15 is 0 Å². The first kappa shape index (κ1) is 25.1. The lowest BCUT2D eigenvalue weighted by Gasteiger charge is -2.21. The quantitative estimate of drug-likeness (QED) is 0.123. The highest BCUT2D eigenvalue weighted by atomic mass is 79.9. The Morgan fingerprint density at radius 3 is 2.15 bits per heavy atom. The van der Waals surface area contributed by atoms with Crippen LogP contribution in [-0.2, 0) is 0 Å². The van der Waals surface area contributed by atoms with E-state index in [1.807, 2.05) is 0 Å². The van der Waals surface area contributed by atoms with Crippen molar-refractivity contribution in [2.45, 2.75) is 6.92 Å². The molecule has 0 atom stereocenters. The Kier molecular flexibility index (Phi) is 6.77. The molecule has 1 heterocycles. The SMILES string of the molecule is Cc1cc2c(-c3c(Cl)c(Cl)c(Cl)c(Cl)c3C(=O)O)c3cc(Br)c(=O)c(Br)c-3oc2c(Br)c1O. The zero-order valence-electron chi connectivity index (χ0n) is 15.9. The number of phenolic OH excluding ortho intramolecular Hbond substituents is 1. The predicted octanol–water partition coefficient (Wildman–Crippen LogP) is 9.18. The van der Waals surface area contributed by atoms with Gasteiger partial charge < -0.3 is 14.6 Å². The van der Waals surface area contributed by atoms with Gasteiger partial charge in [-0.3, -0.25) is 4.79 Å². The summed E-state index contributed by atoms with van der Waals surface area (Å²) < 4.78 is 6.46. The van der Waals surface area contributed by atoms with Gasteiger partial charge in [0.05, 0.1) is 30.1 Å². The van der Waals surface area contributed by atoms with E-state index in [9.17, 15) is 19.8 Å². The third kappa shape index (κ3) is 3.78. The Morgan fingerprint density at radius 2 is 1.55 bits per heavy atom. The van der Waals surface area contributed by atoms with Gasteiger partial charge in [-0.05, 0) is 72.4 Å². The number of hydrogen-bond acceptors (Lipinski definition) is 4. The van der Waals surface area contributed by atoms with Crippen LogP contribution in [0.3, 0.4) is 0 Å². The van der Waals surface area contributed by atoms with Crippen LogP contribution in [0, 0.1) is 6.92 Å². The summed E-state index contributed by atoms with van der Waals surface area (Å²) in [5.41, 5.74) is 0.381. The maximum Gasteiger partial charge on any atom is 0.337 e. The molecule has 0 aromatic heterocycles. The average molecular weight is 721 g/mol. The first-order valence-corrected chi connectivity index (χ1v) is 12.6. The lowest BCUT2D eigenvalue weighted by molar-refractivity contribution is 0.0698. The van der Waals surface area contributed by atoms with Crippen LogP contribution >= 0.6 is 94.2 Å².